The third kappa shape index (κ3) is 4.68. The molecule has 0 bridgehead atoms. The molecule has 3 N–H and O–H groups in total. The Morgan fingerprint density at radius 1 is 1.52 bits per heavy atom. The lowest BCUT2D eigenvalue weighted by atomic mass is 10.1. The molecule has 1 aromatic rings. The molecule has 1 saturated heterocycles. The Bertz CT molecular complexity index is 488. The standard InChI is InChI=1S/C15H21FN2O3/c1-10(17)11-2-3-14(13(16)8-11)21-9-15(19)18-12-4-6-20-7-5-12/h2-3,8,10,12H,4-7,9,17H2,1H3,(H,18,19). The number of amides is 1. The molecule has 0 spiro atoms. The molecular formula is C15H21FN2O3. The minimum absolute atomic E-state index is 0.0570. The topological polar surface area (TPSA) is 73.6 Å². The first-order valence-electron chi connectivity index (χ1n) is 7.11. The zero-order valence-electron chi connectivity index (χ0n) is 12.1. The first-order chi connectivity index (χ1) is 10.1. The van der Waals surface area contributed by atoms with Gasteiger partial charge in [0.2, 0.25) is 0 Å². The van der Waals surface area contributed by atoms with Crippen LogP contribution < -0.4 is 15.8 Å². The van der Waals surface area contributed by atoms with Gasteiger partial charge in [0.05, 0.1) is 0 Å². The maximum atomic E-state index is 13.8. The summed E-state index contributed by atoms with van der Waals surface area (Å²) in [5, 5.41) is 2.85. The van der Waals surface area contributed by atoms with Crippen molar-refractivity contribution in [1.29, 1.82) is 0 Å². The third-order valence-electron chi connectivity index (χ3n) is 3.43. The van der Waals surface area contributed by atoms with Crippen molar-refractivity contribution in [2.45, 2.75) is 31.8 Å². The highest BCUT2D eigenvalue weighted by Gasteiger charge is 2.16. The second kappa shape index (κ2) is 7.38. The molecule has 21 heavy (non-hydrogen) atoms. The molecule has 1 aliphatic rings. The van der Waals surface area contributed by atoms with Crippen LogP contribution in [0.15, 0.2) is 18.2 Å². The predicted octanol–water partition coefficient (Wildman–Crippen LogP) is 1.52. The highest BCUT2D eigenvalue weighted by molar-refractivity contribution is 5.77. The fourth-order valence-corrected chi connectivity index (χ4v) is 2.17. The maximum absolute atomic E-state index is 13.8. The maximum Gasteiger partial charge on any atom is 0.258 e. The Labute approximate surface area is 123 Å². The number of ether oxygens (including phenoxy) is 2. The summed E-state index contributed by atoms with van der Waals surface area (Å²) in [7, 11) is 0. The van der Waals surface area contributed by atoms with E-state index in [-0.39, 0.29) is 30.3 Å². The smallest absolute Gasteiger partial charge is 0.258 e. The highest BCUT2D eigenvalue weighted by atomic mass is 19.1. The van der Waals surface area contributed by atoms with Crippen LogP contribution in [0.3, 0.4) is 0 Å². The molecule has 1 aliphatic heterocycles. The van der Waals surface area contributed by atoms with Crippen molar-refractivity contribution in [3.8, 4) is 5.75 Å². The molecule has 0 aliphatic carbocycles. The van der Waals surface area contributed by atoms with Crippen molar-refractivity contribution in [2.24, 2.45) is 5.73 Å². The Hall–Kier alpha value is -1.66. The number of carbonyl (C=O) groups excluding carboxylic acids is 1. The zero-order chi connectivity index (χ0) is 15.2. The van der Waals surface area contributed by atoms with Gasteiger partial charge in [-0.2, -0.15) is 0 Å². The van der Waals surface area contributed by atoms with E-state index in [0.717, 1.165) is 12.8 Å². The van der Waals surface area contributed by atoms with E-state index in [9.17, 15) is 9.18 Å². The molecule has 2 rings (SSSR count). The highest BCUT2D eigenvalue weighted by Crippen LogP contribution is 2.21. The van der Waals surface area contributed by atoms with Crippen molar-refractivity contribution in [2.75, 3.05) is 19.8 Å². The van der Waals surface area contributed by atoms with E-state index in [2.05, 4.69) is 5.32 Å². The van der Waals surface area contributed by atoms with Crippen LogP contribution in [0.25, 0.3) is 0 Å². The molecule has 1 amide bonds. The number of rotatable bonds is 5. The van der Waals surface area contributed by atoms with Gasteiger partial charge in [-0.15, -0.1) is 0 Å². The van der Waals surface area contributed by atoms with E-state index < -0.39 is 5.82 Å². The number of nitrogens with two attached hydrogens (primary N) is 1. The summed E-state index contributed by atoms with van der Waals surface area (Å²) >= 11 is 0. The molecule has 1 atom stereocenters. The average Bonchev–Trinajstić information content (AvgIpc) is 2.47. The van der Waals surface area contributed by atoms with Crippen LogP contribution in [0.5, 0.6) is 5.75 Å². The molecule has 1 heterocycles. The number of hydrogen-bond donors (Lipinski definition) is 2. The van der Waals surface area contributed by atoms with E-state index in [1.54, 1.807) is 13.0 Å². The minimum atomic E-state index is -0.510. The quantitative estimate of drug-likeness (QED) is 0.864. The van der Waals surface area contributed by atoms with Gasteiger partial charge in [0.15, 0.2) is 18.2 Å². The van der Waals surface area contributed by atoms with Crippen LogP contribution in [-0.2, 0) is 9.53 Å². The summed E-state index contributed by atoms with van der Waals surface area (Å²) in [5.41, 5.74) is 6.36. The number of carbonyl (C=O) groups is 1. The van der Waals surface area contributed by atoms with Crippen LogP contribution >= 0.6 is 0 Å². The summed E-state index contributed by atoms with van der Waals surface area (Å²) in [6, 6.07) is 4.39. The van der Waals surface area contributed by atoms with Crippen LogP contribution in [0, 0.1) is 5.82 Å². The lowest BCUT2D eigenvalue weighted by molar-refractivity contribution is -0.124. The van der Waals surface area contributed by atoms with E-state index in [4.69, 9.17) is 15.2 Å². The van der Waals surface area contributed by atoms with Gasteiger partial charge in [0.1, 0.15) is 0 Å². The lowest BCUT2D eigenvalue weighted by Crippen LogP contribution is -2.41. The molecular weight excluding hydrogens is 275 g/mol. The van der Waals surface area contributed by atoms with Gasteiger partial charge in [-0.05, 0) is 37.5 Å². The van der Waals surface area contributed by atoms with Crippen molar-refractivity contribution in [3.05, 3.63) is 29.6 Å². The van der Waals surface area contributed by atoms with Gasteiger partial charge in [0.25, 0.3) is 5.91 Å². The number of halogens is 1. The van der Waals surface area contributed by atoms with Crippen LogP contribution in [-0.4, -0.2) is 31.8 Å². The fraction of sp³-hybridized carbons (Fsp3) is 0.533. The van der Waals surface area contributed by atoms with Gasteiger partial charge >= 0.3 is 0 Å². The van der Waals surface area contributed by atoms with Crippen molar-refractivity contribution in [3.63, 3.8) is 0 Å². The van der Waals surface area contributed by atoms with Gasteiger partial charge < -0.3 is 20.5 Å². The fourth-order valence-electron chi connectivity index (χ4n) is 2.17. The average molecular weight is 296 g/mol. The lowest BCUT2D eigenvalue weighted by Gasteiger charge is -2.23. The van der Waals surface area contributed by atoms with Gasteiger partial charge in [-0.25, -0.2) is 4.39 Å². The van der Waals surface area contributed by atoms with Gasteiger partial charge in [0, 0.05) is 25.3 Å². The summed E-state index contributed by atoms with van der Waals surface area (Å²) in [6.07, 6.45) is 1.59. The first-order valence-corrected chi connectivity index (χ1v) is 7.11. The minimum Gasteiger partial charge on any atom is -0.481 e. The molecule has 116 valence electrons. The third-order valence-corrected chi connectivity index (χ3v) is 3.43. The molecule has 1 unspecified atom stereocenters. The Balaban J connectivity index is 1.83. The molecule has 0 aromatic heterocycles. The molecule has 0 saturated carbocycles. The Kier molecular flexibility index (Phi) is 5.52. The molecule has 1 aromatic carbocycles. The summed E-state index contributed by atoms with van der Waals surface area (Å²) < 4.78 is 24.2. The molecule has 0 radical (unpaired) electrons. The van der Waals surface area contributed by atoms with Crippen LogP contribution in [0.1, 0.15) is 31.4 Å². The van der Waals surface area contributed by atoms with E-state index in [1.165, 1.54) is 12.1 Å². The Morgan fingerprint density at radius 3 is 2.86 bits per heavy atom. The number of hydrogen-bond acceptors (Lipinski definition) is 4. The SMILES string of the molecule is CC(N)c1ccc(OCC(=O)NC2CCOCC2)c(F)c1. The van der Waals surface area contributed by atoms with Crippen LogP contribution in [0.4, 0.5) is 4.39 Å². The van der Waals surface area contributed by atoms with E-state index in [0.29, 0.717) is 18.8 Å². The first kappa shape index (κ1) is 15.7. The molecule has 1 fully saturated rings. The second-order valence-electron chi connectivity index (χ2n) is 5.22. The van der Waals surface area contributed by atoms with Gasteiger partial charge in [-0.1, -0.05) is 6.07 Å². The van der Waals surface area contributed by atoms with Gasteiger partial charge in [-0.3, -0.25) is 4.79 Å². The number of nitrogens with one attached hydrogen (secondary N) is 1. The summed E-state index contributed by atoms with van der Waals surface area (Å²) in [6.45, 7) is 2.88. The zero-order valence-corrected chi connectivity index (χ0v) is 12.1. The predicted molar refractivity (Wildman–Crippen MR) is 76.5 cm³/mol. The van der Waals surface area contributed by atoms with Crippen LogP contribution in [0.2, 0.25) is 0 Å². The number of benzene rings is 1. The summed E-state index contributed by atoms with van der Waals surface area (Å²) in [4.78, 5) is 11.8. The second-order valence-corrected chi connectivity index (χ2v) is 5.22. The molecule has 6 heteroatoms. The van der Waals surface area contributed by atoms with Crippen molar-refractivity contribution in [1.82, 2.24) is 5.32 Å². The largest absolute Gasteiger partial charge is 0.481 e. The Morgan fingerprint density at radius 2 is 2.24 bits per heavy atom. The van der Waals surface area contributed by atoms with Crippen molar-refractivity contribution >= 4 is 5.91 Å². The van der Waals surface area contributed by atoms with E-state index >= 15 is 0 Å². The molecule has 5 nitrogen and oxygen atoms in total. The van der Waals surface area contributed by atoms with Crippen molar-refractivity contribution < 1.29 is 18.7 Å². The summed E-state index contributed by atoms with van der Waals surface area (Å²) in [5.74, 6) is -0.706. The normalized spacial score (nSPS) is 17.3. The monoisotopic (exact) mass is 296 g/mol. The van der Waals surface area contributed by atoms with E-state index in [1.807, 2.05) is 0 Å².